The topological polar surface area (TPSA) is 64.9 Å². The molecule has 2 N–H and O–H groups in total. The minimum atomic E-state index is -0.0481. The van der Waals surface area contributed by atoms with Crippen LogP contribution in [0.1, 0.15) is 31.0 Å². The quantitative estimate of drug-likeness (QED) is 0.833. The molecule has 1 aliphatic carbocycles. The van der Waals surface area contributed by atoms with E-state index in [0.717, 1.165) is 29.0 Å². The zero-order valence-electron chi connectivity index (χ0n) is 11.0. The van der Waals surface area contributed by atoms with Gasteiger partial charge in [0, 0.05) is 15.9 Å². The summed E-state index contributed by atoms with van der Waals surface area (Å²) in [5.41, 5.74) is 5.80. The van der Waals surface area contributed by atoms with E-state index in [9.17, 15) is 0 Å². The number of benzene rings is 1. The van der Waals surface area contributed by atoms with Gasteiger partial charge in [0.05, 0.1) is 11.2 Å². The Kier molecular flexibility index (Phi) is 4.14. The Hall–Kier alpha value is -0.850. The van der Waals surface area contributed by atoms with Crippen molar-refractivity contribution in [2.24, 2.45) is 5.73 Å². The molecule has 2 aromatic rings. The standard InChI is InChI=1S/C14H16BrN3OS/c15-10-2-4-11(5-3-10)20-8-12-17-13(19-18-12)14(9-16)6-1-7-14/h2-5H,1,6-9,16H2. The van der Waals surface area contributed by atoms with Gasteiger partial charge in [0.2, 0.25) is 5.89 Å². The first-order valence-corrected chi connectivity index (χ1v) is 8.41. The predicted molar refractivity (Wildman–Crippen MR) is 82.6 cm³/mol. The van der Waals surface area contributed by atoms with Crippen molar-refractivity contribution in [3.8, 4) is 0 Å². The molecule has 1 aromatic heterocycles. The molecule has 1 aliphatic rings. The van der Waals surface area contributed by atoms with Gasteiger partial charge in [0.15, 0.2) is 5.82 Å². The van der Waals surface area contributed by atoms with Gasteiger partial charge in [-0.15, -0.1) is 11.8 Å². The van der Waals surface area contributed by atoms with Crippen LogP contribution in [0.25, 0.3) is 0 Å². The predicted octanol–water partition coefficient (Wildman–Crippen LogP) is 3.50. The van der Waals surface area contributed by atoms with Crippen LogP contribution in [-0.2, 0) is 11.2 Å². The van der Waals surface area contributed by atoms with Crippen LogP contribution in [0.5, 0.6) is 0 Å². The fraction of sp³-hybridized carbons (Fsp3) is 0.429. The zero-order chi connectivity index (χ0) is 14.0. The fourth-order valence-electron chi connectivity index (χ4n) is 2.32. The van der Waals surface area contributed by atoms with Crippen molar-refractivity contribution < 1.29 is 4.52 Å². The molecule has 1 fully saturated rings. The third-order valence-electron chi connectivity index (χ3n) is 3.80. The molecular formula is C14H16BrN3OS. The lowest BCUT2D eigenvalue weighted by Crippen LogP contribution is -2.41. The second kappa shape index (κ2) is 5.87. The van der Waals surface area contributed by atoms with E-state index in [0.29, 0.717) is 12.3 Å². The minimum Gasteiger partial charge on any atom is -0.339 e. The van der Waals surface area contributed by atoms with E-state index in [1.807, 2.05) is 12.1 Å². The summed E-state index contributed by atoms with van der Waals surface area (Å²) in [4.78, 5) is 5.71. The van der Waals surface area contributed by atoms with Crippen LogP contribution in [-0.4, -0.2) is 16.7 Å². The lowest BCUT2D eigenvalue weighted by molar-refractivity contribution is 0.181. The van der Waals surface area contributed by atoms with Gasteiger partial charge < -0.3 is 10.3 Å². The van der Waals surface area contributed by atoms with Crippen LogP contribution in [0.3, 0.4) is 0 Å². The van der Waals surface area contributed by atoms with Gasteiger partial charge >= 0.3 is 0 Å². The maximum atomic E-state index is 5.85. The van der Waals surface area contributed by atoms with E-state index in [4.69, 9.17) is 10.3 Å². The first-order valence-electron chi connectivity index (χ1n) is 6.63. The Morgan fingerprint density at radius 1 is 1.30 bits per heavy atom. The van der Waals surface area contributed by atoms with Gasteiger partial charge in [0.1, 0.15) is 0 Å². The van der Waals surface area contributed by atoms with Crippen molar-refractivity contribution in [2.75, 3.05) is 6.54 Å². The van der Waals surface area contributed by atoms with Gasteiger partial charge in [-0.3, -0.25) is 0 Å². The molecule has 3 rings (SSSR count). The molecular weight excluding hydrogens is 338 g/mol. The van der Waals surface area contributed by atoms with Gasteiger partial charge in [-0.25, -0.2) is 0 Å². The Morgan fingerprint density at radius 2 is 2.05 bits per heavy atom. The third-order valence-corrected chi connectivity index (χ3v) is 5.34. The molecule has 0 spiro atoms. The molecule has 0 saturated heterocycles. The molecule has 0 amide bonds. The first kappa shape index (κ1) is 14.1. The van der Waals surface area contributed by atoms with Crippen LogP contribution in [0.15, 0.2) is 38.2 Å². The highest BCUT2D eigenvalue weighted by Gasteiger charge is 2.42. The molecule has 1 heterocycles. The second-order valence-corrected chi connectivity index (χ2v) is 7.06. The number of halogens is 1. The second-order valence-electron chi connectivity index (χ2n) is 5.10. The molecule has 0 unspecified atom stereocenters. The number of thioether (sulfide) groups is 1. The number of hydrogen-bond acceptors (Lipinski definition) is 5. The summed E-state index contributed by atoms with van der Waals surface area (Å²) in [6, 6.07) is 8.20. The summed E-state index contributed by atoms with van der Waals surface area (Å²) < 4.78 is 6.49. The average Bonchev–Trinajstić information content (AvgIpc) is 2.87. The van der Waals surface area contributed by atoms with Crippen molar-refractivity contribution in [1.29, 1.82) is 0 Å². The highest BCUT2D eigenvalue weighted by atomic mass is 79.9. The summed E-state index contributed by atoms with van der Waals surface area (Å²) in [7, 11) is 0. The van der Waals surface area contributed by atoms with Crippen molar-refractivity contribution in [3.63, 3.8) is 0 Å². The first-order chi connectivity index (χ1) is 9.72. The Labute approximate surface area is 130 Å². The Bertz CT molecular complexity index is 575. The monoisotopic (exact) mass is 353 g/mol. The maximum Gasteiger partial charge on any atom is 0.234 e. The summed E-state index contributed by atoms with van der Waals surface area (Å²) in [5, 5.41) is 4.07. The van der Waals surface area contributed by atoms with E-state index >= 15 is 0 Å². The fourth-order valence-corrected chi connectivity index (χ4v) is 3.32. The molecule has 0 radical (unpaired) electrons. The number of aromatic nitrogens is 2. The third kappa shape index (κ3) is 2.77. The van der Waals surface area contributed by atoms with Gasteiger partial charge in [-0.2, -0.15) is 4.98 Å². The summed E-state index contributed by atoms with van der Waals surface area (Å²) in [6.07, 6.45) is 3.32. The number of hydrogen-bond donors (Lipinski definition) is 1. The van der Waals surface area contributed by atoms with Crippen LogP contribution >= 0.6 is 27.7 Å². The highest BCUT2D eigenvalue weighted by molar-refractivity contribution is 9.10. The van der Waals surface area contributed by atoms with Crippen molar-refractivity contribution in [3.05, 3.63) is 40.5 Å². The Morgan fingerprint density at radius 3 is 2.65 bits per heavy atom. The number of nitrogens with two attached hydrogens (primary N) is 1. The normalized spacial score (nSPS) is 16.9. The van der Waals surface area contributed by atoms with E-state index in [-0.39, 0.29) is 5.41 Å². The minimum absolute atomic E-state index is 0.0481. The van der Waals surface area contributed by atoms with E-state index in [1.165, 1.54) is 11.3 Å². The van der Waals surface area contributed by atoms with Gasteiger partial charge in [0.25, 0.3) is 0 Å². The van der Waals surface area contributed by atoms with Crippen LogP contribution in [0.2, 0.25) is 0 Å². The van der Waals surface area contributed by atoms with Crippen molar-refractivity contribution in [2.45, 2.75) is 35.3 Å². The van der Waals surface area contributed by atoms with Gasteiger partial charge in [-0.1, -0.05) is 27.5 Å². The SMILES string of the molecule is NCC1(c2nc(CSc3ccc(Br)cc3)no2)CCC1. The maximum absolute atomic E-state index is 5.85. The lowest BCUT2D eigenvalue weighted by Gasteiger charge is -2.36. The molecule has 20 heavy (non-hydrogen) atoms. The smallest absolute Gasteiger partial charge is 0.234 e. The zero-order valence-corrected chi connectivity index (χ0v) is 13.4. The molecule has 0 bridgehead atoms. The molecule has 6 heteroatoms. The largest absolute Gasteiger partial charge is 0.339 e. The van der Waals surface area contributed by atoms with Crippen LogP contribution < -0.4 is 5.73 Å². The van der Waals surface area contributed by atoms with E-state index in [2.05, 4.69) is 38.2 Å². The summed E-state index contributed by atoms with van der Waals surface area (Å²) in [5.74, 6) is 2.18. The molecule has 106 valence electrons. The van der Waals surface area contributed by atoms with Crippen LogP contribution in [0, 0.1) is 0 Å². The number of rotatable bonds is 5. The number of nitrogens with zero attached hydrogens (tertiary/aromatic N) is 2. The van der Waals surface area contributed by atoms with Gasteiger partial charge in [-0.05, 0) is 37.1 Å². The van der Waals surface area contributed by atoms with E-state index < -0.39 is 0 Å². The summed E-state index contributed by atoms with van der Waals surface area (Å²) >= 11 is 5.13. The highest BCUT2D eigenvalue weighted by Crippen LogP contribution is 2.42. The van der Waals surface area contributed by atoms with Crippen LogP contribution in [0.4, 0.5) is 0 Å². The molecule has 1 saturated carbocycles. The average molecular weight is 354 g/mol. The molecule has 4 nitrogen and oxygen atoms in total. The molecule has 0 aliphatic heterocycles. The Balaban J connectivity index is 1.64. The van der Waals surface area contributed by atoms with Crippen molar-refractivity contribution in [1.82, 2.24) is 10.1 Å². The van der Waals surface area contributed by atoms with E-state index in [1.54, 1.807) is 11.8 Å². The molecule has 1 aromatic carbocycles. The lowest BCUT2D eigenvalue weighted by atomic mass is 9.69. The summed E-state index contributed by atoms with van der Waals surface area (Å²) in [6.45, 7) is 0.592. The molecule has 0 atom stereocenters. The van der Waals surface area contributed by atoms with Crippen molar-refractivity contribution >= 4 is 27.7 Å².